The number of amides is 2. The van der Waals surface area contributed by atoms with Gasteiger partial charge in [-0.15, -0.1) is 0 Å². The molecule has 3 rings (SSSR count). The molecule has 148 valence electrons. The zero-order valence-electron chi connectivity index (χ0n) is 16.3. The molecule has 1 aliphatic heterocycles. The smallest absolute Gasteiger partial charge is 0.260 e. The van der Waals surface area contributed by atoms with Gasteiger partial charge in [-0.05, 0) is 56.2 Å². The highest BCUT2D eigenvalue weighted by molar-refractivity contribution is 6.30. The molecule has 2 aromatic carbocycles. The predicted octanol–water partition coefficient (Wildman–Crippen LogP) is 3.71. The van der Waals surface area contributed by atoms with Gasteiger partial charge in [-0.1, -0.05) is 29.3 Å². The average Bonchev–Trinajstić information content (AvgIpc) is 2.93. The Morgan fingerprint density at radius 3 is 2.36 bits per heavy atom. The zero-order chi connectivity index (χ0) is 20.1. The summed E-state index contributed by atoms with van der Waals surface area (Å²) >= 11 is 5.89. The Kier molecular flexibility index (Phi) is 6.57. The van der Waals surface area contributed by atoms with Crippen molar-refractivity contribution in [1.82, 2.24) is 9.80 Å². The number of rotatable bonds is 4. The minimum atomic E-state index is -0.0548. The van der Waals surface area contributed by atoms with Crippen LogP contribution in [0.1, 0.15) is 27.9 Å². The summed E-state index contributed by atoms with van der Waals surface area (Å²) in [6, 6.07) is 12.8. The van der Waals surface area contributed by atoms with E-state index in [0.717, 1.165) is 23.3 Å². The van der Waals surface area contributed by atoms with E-state index in [0.29, 0.717) is 36.8 Å². The fourth-order valence-corrected chi connectivity index (χ4v) is 3.46. The highest BCUT2D eigenvalue weighted by Crippen LogP contribution is 2.19. The van der Waals surface area contributed by atoms with E-state index < -0.39 is 0 Å². The van der Waals surface area contributed by atoms with Crippen molar-refractivity contribution in [2.24, 2.45) is 0 Å². The lowest BCUT2D eigenvalue weighted by atomic mass is 10.1. The zero-order valence-corrected chi connectivity index (χ0v) is 17.0. The molecular weight excluding hydrogens is 376 g/mol. The van der Waals surface area contributed by atoms with Gasteiger partial charge in [0.1, 0.15) is 5.75 Å². The second-order valence-electron chi connectivity index (χ2n) is 7.09. The number of benzene rings is 2. The fraction of sp³-hybridized carbons (Fsp3) is 0.364. The summed E-state index contributed by atoms with van der Waals surface area (Å²) in [5, 5.41) is 0.605. The van der Waals surface area contributed by atoms with Gasteiger partial charge in [-0.2, -0.15) is 0 Å². The summed E-state index contributed by atoms with van der Waals surface area (Å²) in [4.78, 5) is 28.8. The first kappa shape index (κ1) is 20.2. The predicted molar refractivity (Wildman–Crippen MR) is 110 cm³/mol. The second kappa shape index (κ2) is 9.11. The van der Waals surface area contributed by atoms with Crippen molar-refractivity contribution in [2.45, 2.75) is 20.3 Å². The Balaban J connectivity index is 1.54. The van der Waals surface area contributed by atoms with Crippen LogP contribution in [0.25, 0.3) is 0 Å². The third-order valence-electron chi connectivity index (χ3n) is 4.91. The first-order valence-electron chi connectivity index (χ1n) is 9.47. The Morgan fingerprint density at radius 2 is 1.64 bits per heavy atom. The molecule has 0 N–H and O–H groups in total. The van der Waals surface area contributed by atoms with Gasteiger partial charge in [-0.3, -0.25) is 9.59 Å². The minimum Gasteiger partial charge on any atom is -0.484 e. The molecule has 2 amide bonds. The second-order valence-corrected chi connectivity index (χ2v) is 7.53. The molecule has 0 bridgehead atoms. The molecule has 0 radical (unpaired) electrons. The molecule has 2 aromatic rings. The van der Waals surface area contributed by atoms with E-state index in [2.05, 4.69) is 0 Å². The third kappa shape index (κ3) is 5.04. The topological polar surface area (TPSA) is 49.9 Å². The summed E-state index contributed by atoms with van der Waals surface area (Å²) in [5.41, 5.74) is 2.79. The van der Waals surface area contributed by atoms with Crippen LogP contribution in [0.15, 0.2) is 42.5 Å². The van der Waals surface area contributed by atoms with E-state index in [1.807, 2.05) is 32.0 Å². The summed E-state index contributed by atoms with van der Waals surface area (Å²) in [5.74, 6) is 0.645. The summed E-state index contributed by atoms with van der Waals surface area (Å²) in [6.07, 6.45) is 0.745. The number of carbonyl (C=O) groups excluding carboxylic acids is 2. The lowest BCUT2D eigenvalue weighted by molar-refractivity contribution is -0.133. The van der Waals surface area contributed by atoms with Gasteiger partial charge in [0.15, 0.2) is 6.61 Å². The van der Waals surface area contributed by atoms with E-state index in [1.165, 1.54) is 0 Å². The minimum absolute atomic E-state index is 0.00896. The normalized spacial score (nSPS) is 14.5. The van der Waals surface area contributed by atoms with Gasteiger partial charge in [-0.25, -0.2) is 0 Å². The standard InChI is InChI=1S/C22H25ClN2O3/c1-16-4-9-20(17(2)14-16)28-15-21(26)24-10-3-11-25(13-12-24)22(27)18-5-7-19(23)8-6-18/h4-9,14H,3,10-13,15H2,1-2H3. The van der Waals surface area contributed by atoms with E-state index in [1.54, 1.807) is 34.1 Å². The number of aryl methyl sites for hydroxylation is 2. The van der Waals surface area contributed by atoms with Crippen molar-refractivity contribution >= 4 is 23.4 Å². The molecule has 1 aliphatic rings. The maximum Gasteiger partial charge on any atom is 0.260 e. The van der Waals surface area contributed by atoms with Gasteiger partial charge >= 0.3 is 0 Å². The van der Waals surface area contributed by atoms with E-state index in [9.17, 15) is 9.59 Å². The van der Waals surface area contributed by atoms with Crippen LogP contribution in [0, 0.1) is 13.8 Å². The van der Waals surface area contributed by atoms with Crippen molar-refractivity contribution in [3.05, 3.63) is 64.2 Å². The first-order chi connectivity index (χ1) is 13.4. The van der Waals surface area contributed by atoms with Crippen molar-refractivity contribution < 1.29 is 14.3 Å². The van der Waals surface area contributed by atoms with Crippen LogP contribution in [0.3, 0.4) is 0 Å². The van der Waals surface area contributed by atoms with Crippen LogP contribution >= 0.6 is 11.6 Å². The number of carbonyl (C=O) groups is 2. The summed E-state index contributed by atoms with van der Waals surface area (Å²) in [7, 11) is 0. The summed E-state index contributed by atoms with van der Waals surface area (Å²) in [6.45, 7) is 6.28. The Labute approximate surface area is 170 Å². The molecule has 5 nitrogen and oxygen atoms in total. The lowest BCUT2D eigenvalue weighted by Crippen LogP contribution is -2.39. The van der Waals surface area contributed by atoms with Crippen molar-refractivity contribution in [3.63, 3.8) is 0 Å². The molecule has 1 heterocycles. The van der Waals surface area contributed by atoms with Crippen LogP contribution in [-0.2, 0) is 4.79 Å². The molecule has 0 aromatic heterocycles. The SMILES string of the molecule is Cc1ccc(OCC(=O)N2CCCN(C(=O)c3ccc(Cl)cc3)CC2)c(C)c1. The lowest BCUT2D eigenvalue weighted by Gasteiger charge is -2.22. The maximum atomic E-state index is 12.7. The molecule has 0 saturated carbocycles. The molecule has 28 heavy (non-hydrogen) atoms. The Morgan fingerprint density at radius 1 is 0.964 bits per heavy atom. The Bertz CT molecular complexity index is 851. The highest BCUT2D eigenvalue weighted by Gasteiger charge is 2.23. The number of halogens is 1. The van der Waals surface area contributed by atoms with Crippen molar-refractivity contribution in [3.8, 4) is 5.75 Å². The molecule has 1 saturated heterocycles. The fourth-order valence-electron chi connectivity index (χ4n) is 3.34. The van der Waals surface area contributed by atoms with Gasteiger partial charge in [0.2, 0.25) is 0 Å². The van der Waals surface area contributed by atoms with Gasteiger partial charge < -0.3 is 14.5 Å². The maximum absolute atomic E-state index is 12.7. The number of hydrogen-bond donors (Lipinski definition) is 0. The highest BCUT2D eigenvalue weighted by atomic mass is 35.5. The first-order valence-corrected chi connectivity index (χ1v) is 9.84. The molecule has 0 aliphatic carbocycles. The van der Waals surface area contributed by atoms with Crippen molar-refractivity contribution in [1.29, 1.82) is 0 Å². The van der Waals surface area contributed by atoms with E-state index in [4.69, 9.17) is 16.3 Å². The summed E-state index contributed by atoms with van der Waals surface area (Å²) < 4.78 is 5.72. The molecule has 0 unspecified atom stereocenters. The van der Waals surface area contributed by atoms with Crippen LogP contribution in [0.5, 0.6) is 5.75 Å². The van der Waals surface area contributed by atoms with E-state index in [-0.39, 0.29) is 18.4 Å². The van der Waals surface area contributed by atoms with Crippen LogP contribution in [-0.4, -0.2) is 54.4 Å². The van der Waals surface area contributed by atoms with E-state index >= 15 is 0 Å². The molecule has 1 fully saturated rings. The van der Waals surface area contributed by atoms with Gasteiger partial charge in [0.05, 0.1) is 0 Å². The molecule has 0 atom stereocenters. The monoisotopic (exact) mass is 400 g/mol. The van der Waals surface area contributed by atoms with Crippen molar-refractivity contribution in [2.75, 3.05) is 32.8 Å². The van der Waals surface area contributed by atoms with Gasteiger partial charge in [0, 0.05) is 36.8 Å². The number of hydrogen-bond acceptors (Lipinski definition) is 3. The van der Waals surface area contributed by atoms with Gasteiger partial charge in [0.25, 0.3) is 11.8 Å². The molecular formula is C22H25ClN2O3. The molecule has 0 spiro atoms. The molecule has 6 heteroatoms. The quantitative estimate of drug-likeness (QED) is 0.786. The van der Waals surface area contributed by atoms with Crippen LogP contribution in [0.4, 0.5) is 0 Å². The van der Waals surface area contributed by atoms with Crippen LogP contribution < -0.4 is 4.74 Å². The number of nitrogens with zero attached hydrogens (tertiary/aromatic N) is 2. The average molecular weight is 401 g/mol. The largest absolute Gasteiger partial charge is 0.484 e. The Hall–Kier alpha value is -2.53. The number of ether oxygens (including phenoxy) is 1. The third-order valence-corrected chi connectivity index (χ3v) is 5.16. The van der Waals surface area contributed by atoms with Crippen LogP contribution in [0.2, 0.25) is 5.02 Å².